The zero-order valence-electron chi connectivity index (χ0n) is 12.6. The third-order valence-electron chi connectivity index (χ3n) is 3.76. The Kier molecular flexibility index (Phi) is 3.98. The Morgan fingerprint density at radius 2 is 2.14 bits per heavy atom. The normalized spacial score (nSPS) is 14.1. The summed E-state index contributed by atoms with van der Waals surface area (Å²) >= 11 is 0. The van der Waals surface area contributed by atoms with Crippen LogP contribution in [0.4, 0.5) is 11.6 Å². The summed E-state index contributed by atoms with van der Waals surface area (Å²) in [6, 6.07) is 0. The minimum Gasteiger partial charge on any atom is -0.370 e. The van der Waals surface area contributed by atoms with Gasteiger partial charge >= 0.3 is 0 Å². The highest BCUT2D eigenvalue weighted by molar-refractivity contribution is 5.59. The largest absolute Gasteiger partial charge is 0.370 e. The average Bonchev–Trinajstić information content (AvgIpc) is 2.99. The van der Waals surface area contributed by atoms with Crippen molar-refractivity contribution in [3.8, 4) is 0 Å². The van der Waals surface area contributed by atoms with Gasteiger partial charge in [-0.3, -0.25) is 0 Å². The van der Waals surface area contributed by atoms with Crippen LogP contribution in [0.25, 0.3) is 0 Å². The van der Waals surface area contributed by atoms with Crippen molar-refractivity contribution in [3.63, 3.8) is 0 Å². The van der Waals surface area contributed by atoms with Crippen molar-refractivity contribution in [2.45, 2.75) is 39.8 Å². The molecule has 112 valence electrons. The summed E-state index contributed by atoms with van der Waals surface area (Å²) in [5.74, 6) is 2.96. The van der Waals surface area contributed by atoms with E-state index in [0.29, 0.717) is 0 Å². The average molecular weight is 287 g/mol. The second-order valence-electron chi connectivity index (χ2n) is 5.17. The summed E-state index contributed by atoms with van der Waals surface area (Å²) in [5.41, 5.74) is 1.18. The van der Waals surface area contributed by atoms with E-state index in [1.54, 1.807) is 12.7 Å². The van der Waals surface area contributed by atoms with Gasteiger partial charge in [-0.05, 0) is 12.8 Å². The molecule has 1 N–H and O–H groups in total. The monoisotopic (exact) mass is 287 g/mol. The van der Waals surface area contributed by atoms with Gasteiger partial charge in [0.15, 0.2) is 5.82 Å². The van der Waals surface area contributed by atoms with E-state index in [1.165, 1.54) is 5.56 Å². The van der Waals surface area contributed by atoms with Crippen LogP contribution in [0.3, 0.4) is 0 Å². The first-order valence-electron chi connectivity index (χ1n) is 7.52. The molecule has 3 heterocycles. The van der Waals surface area contributed by atoms with Crippen molar-refractivity contribution in [2.75, 3.05) is 23.3 Å². The molecule has 7 nitrogen and oxygen atoms in total. The summed E-state index contributed by atoms with van der Waals surface area (Å²) in [4.78, 5) is 11.2. The Labute approximate surface area is 124 Å². The summed E-state index contributed by atoms with van der Waals surface area (Å²) in [5, 5.41) is 11.5. The van der Waals surface area contributed by atoms with Crippen molar-refractivity contribution in [2.24, 2.45) is 0 Å². The van der Waals surface area contributed by atoms with E-state index >= 15 is 0 Å². The van der Waals surface area contributed by atoms with E-state index in [-0.39, 0.29) is 0 Å². The number of rotatable bonds is 5. The van der Waals surface area contributed by atoms with Gasteiger partial charge in [0.05, 0.1) is 6.54 Å². The summed E-state index contributed by atoms with van der Waals surface area (Å²) in [7, 11) is 0. The molecule has 0 atom stereocenters. The summed E-state index contributed by atoms with van der Waals surface area (Å²) in [6.45, 7) is 7.79. The molecule has 0 unspecified atom stereocenters. The first kappa shape index (κ1) is 13.8. The molecule has 1 aliphatic rings. The van der Waals surface area contributed by atoms with Gasteiger partial charge < -0.3 is 14.8 Å². The third kappa shape index (κ3) is 2.68. The maximum atomic E-state index is 4.52. The van der Waals surface area contributed by atoms with Crippen LogP contribution in [0.2, 0.25) is 0 Å². The number of nitrogens with zero attached hydrogens (tertiary/aromatic N) is 6. The maximum absolute atomic E-state index is 4.52. The molecule has 2 aromatic heterocycles. The maximum Gasteiger partial charge on any atom is 0.152 e. The van der Waals surface area contributed by atoms with Crippen LogP contribution in [0.5, 0.6) is 0 Å². The molecule has 3 rings (SSSR count). The molecule has 0 fully saturated rings. The highest BCUT2D eigenvalue weighted by atomic mass is 15.3. The molecule has 0 spiro atoms. The molecule has 0 aliphatic carbocycles. The quantitative estimate of drug-likeness (QED) is 0.898. The molecule has 0 radical (unpaired) electrons. The molecule has 0 saturated carbocycles. The number of fused-ring (bicyclic) bond motifs is 1. The number of hydrogen-bond acceptors (Lipinski definition) is 6. The minimum absolute atomic E-state index is 0.747. The first-order chi connectivity index (χ1) is 10.3. The fourth-order valence-corrected chi connectivity index (χ4v) is 2.64. The Hall–Kier alpha value is -2.18. The van der Waals surface area contributed by atoms with Crippen molar-refractivity contribution in [1.29, 1.82) is 0 Å². The Bertz CT molecular complexity index is 607. The number of nitrogens with one attached hydrogen (secondary N) is 1. The van der Waals surface area contributed by atoms with Crippen LogP contribution in [-0.2, 0) is 19.5 Å². The van der Waals surface area contributed by atoms with Crippen LogP contribution >= 0.6 is 0 Å². The first-order valence-corrected chi connectivity index (χ1v) is 7.52. The fraction of sp³-hybridized carbons (Fsp3) is 0.571. The van der Waals surface area contributed by atoms with E-state index in [9.17, 15) is 0 Å². The Balaban J connectivity index is 1.88. The van der Waals surface area contributed by atoms with E-state index in [2.05, 4.69) is 48.8 Å². The van der Waals surface area contributed by atoms with E-state index in [4.69, 9.17) is 0 Å². The lowest BCUT2D eigenvalue weighted by Crippen LogP contribution is -2.35. The predicted molar refractivity (Wildman–Crippen MR) is 81.3 cm³/mol. The highest BCUT2D eigenvalue weighted by Gasteiger charge is 2.22. The lowest BCUT2D eigenvalue weighted by Gasteiger charge is -2.29. The third-order valence-corrected chi connectivity index (χ3v) is 3.76. The van der Waals surface area contributed by atoms with E-state index < -0.39 is 0 Å². The van der Waals surface area contributed by atoms with Gasteiger partial charge in [-0.15, -0.1) is 10.2 Å². The van der Waals surface area contributed by atoms with Crippen molar-refractivity contribution in [1.82, 2.24) is 24.7 Å². The number of hydrogen-bond donors (Lipinski definition) is 1. The smallest absolute Gasteiger partial charge is 0.152 e. The lowest BCUT2D eigenvalue weighted by atomic mass is 10.2. The number of aromatic nitrogens is 5. The SMILES string of the molecule is CCCNc1ncnc(N2CCn3cnnc3C2)c1CC. The van der Waals surface area contributed by atoms with Crippen LogP contribution in [0.1, 0.15) is 31.7 Å². The molecule has 7 heteroatoms. The molecular formula is C14H21N7. The van der Waals surface area contributed by atoms with Gasteiger partial charge in [-0.2, -0.15) is 0 Å². The summed E-state index contributed by atoms with van der Waals surface area (Å²) < 4.78 is 2.10. The van der Waals surface area contributed by atoms with E-state index in [0.717, 1.165) is 56.5 Å². The van der Waals surface area contributed by atoms with Gasteiger partial charge in [0.25, 0.3) is 0 Å². The van der Waals surface area contributed by atoms with Gasteiger partial charge in [-0.1, -0.05) is 13.8 Å². The minimum atomic E-state index is 0.747. The lowest BCUT2D eigenvalue weighted by molar-refractivity contribution is 0.554. The molecule has 0 saturated heterocycles. The molecule has 0 bridgehead atoms. The van der Waals surface area contributed by atoms with Gasteiger partial charge in [0, 0.05) is 25.2 Å². The molecule has 21 heavy (non-hydrogen) atoms. The van der Waals surface area contributed by atoms with Crippen molar-refractivity contribution < 1.29 is 0 Å². The second-order valence-corrected chi connectivity index (χ2v) is 5.17. The summed E-state index contributed by atoms with van der Waals surface area (Å²) in [6.07, 6.45) is 5.42. The highest BCUT2D eigenvalue weighted by Crippen LogP contribution is 2.26. The van der Waals surface area contributed by atoms with Gasteiger partial charge in [0.2, 0.25) is 0 Å². The molecule has 0 aromatic carbocycles. The van der Waals surface area contributed by atoms with Crippen molar-refractivity contribution in [3.05, 3.63) is 24.0 Å². The second kappa shape index (κ2) is 6.07. The topological polar surface area (TPSA) is 71.8 Å². The van der Waals surface area contributed by atoms with Crippen LogP contribution < -0.4 is 10.2 Å². The van der Waals surface area contributed by atoms with Crippen molar-refractivity contribution >= 4 is 11.6 Å². The molecule has 1 aliphatic heterocycles. The number of anilines is 2. The van der Waals surface area contributed by atoms with Crippen LogP contribution in [-0.4, -0.2) is 37.8 Å². The molecule has 2 aromatic rings. The zero-order valence-corrected chi connectivity index (χ0v) is 12.6. The Morgan fingerprint density at radius 3 is 2.95 bits per heavy atom. The van der Waals surface area contributed by atoms with E-state index in [1.807, 2.05) is 0 Å². The predicted octanol–water partition coefficient (Wildman–Crippen LogP) is 1.47. The van der Waals surface area contributed by atoms with Crippen LogP contribution in [0, 0.1) is 0 Å². The van der Waals surface area contributed by atoms with Gasteiger partial charge in [0.1, 0.15) is 24.3 Å². The molecule has 0 amide bonds. The van der Waals surface area contributed by atoms with Gasteiger partial charge in [-0.25, -0.2) is 9.97 Å². The Morgan fingerprint density at radius 1 is 1.24 bits per heavy atom. The molecular weight excluding hydrogens is 266 g/mol. The van der Waals surface area contributed by atoms with Crippen LogP contribution in [0.15, 0.2) is 12.7 Å². The zero-order chi connectivity index (χ0) is 14.7. The standard InChI is InChI=1S/C14H21N7/c1-3-5-15-13-11(4-2)14(17-9-16-13)20-6-7-21-10-18-19-12(21)8-20/h9-10H,3-8H2,1-2H3,(H,15,16,17). The fourth-order valence-electron chi connectivity index (χ4n) is 2.64.